The van der Waals surface area contributed by atoms with Crippen LogP contribution in [0.3, 0.4) is 0 Å². The fourth-order valence-electron chi connectivity index (χ4n) is 2.77. The van der Waals surface area contributed by atoms with Crippen LogP contribution in [-0.4, -0.2) is 44.2 Å². The highest BCUT2D eigenvalue weighted by Gasteiger charge is 2.34. The summed E-state index contributed by atoms with van der Waals surface area (Å²) in [5.41, 5.74) is 1.67. The lowest BCUT2D eigenvalue weighted by Gasteiger charge is -2.30. The van der Waals surface area contributed by atoms with Gasteiger partial charge in [-0.2, -0.15) is 0 Å². The number of Topliss-reactive ketones (excluding diaryl/α,β-unsaturated/α-hetero) is 1. The number of nitrogens with one attached hydrogen (secondary N) is 2. The summed E-state index contributed by atoms with van der Waals surface area (Å²) >= 11 is 0. The van der Waals surface area contributed by atoms with E-state index in [0.29, 0.717) is 31.9 Å². The SMILES string of the molecule is Cc1ccc(C(=O)[C@H](NC(=O)c2ccco2)[NH+]2CCOCC2)cc1. The maximum Gasteiger partial charge on any atom is 0.291 e. The van der Waals surface area contributed by atoms with Crippen LogP contribution in [0.4, 0.5) is 0 Å². The van der Waals surface area contributed by atoms with Crippen molar-refractivity contribution in [1.82, 2.24) is 5.32 Å². The number of hydrogen-bond donors (Lipinski definition) is 2. The number of furan rings is 1. The van der Waals surface area contributed by atoms with Crippen molar-refractivity contribution in [2.45, 2.75) is 13.1 Å². The predicted molar refractivity (Wildman–Crippen MR) is 87.0 cm³/mol. The summed E-state index contributed by atoms with van der Waals surface area (Å²) < 4.78 is 10.5. The van der Waals surface area contributed by atoms with Gasteiger partial charge in [-0.15, -0.1) is 0 Å². The van der Waals surface area contributed by atoms with E-state index in [1.807, 2.05) is 19.1 Å². The second-order valence-corrected chi connectivity index (χ2v) is 5.88. The molecule has 126 valence electrons. The number of benzene rings is 1. The molecule has 0 bridgehead atoms. The van der Waals surface area contributed by atoms with Crippen molar-refractivity contribution < 1.29 is 23.6 Å². The fourth-order valence-corrected chi connectivity index (χ4v) is 2.77. The summed E-state index contributed by atoms with van der Waals surface area (Å²) in [7, 11) is 0. The molecule has 2 heterocycles. The molecule has 6 heteroatoms. The van der Waals surface area contributed by atoms with Crippen molar-refractivity contribution in [3.8, 4) is 0 Å². The van der Waals surface area contributed by atoms with E-state index in [4.69, 9.17) is 9.15 Å². The number of carbonyl (C=O) groups is 2. The molecule has 0 aliphatic carbocycles. The van der Waals surface area contributed by atoms with Gasteiger partial charge in [0.1, 0.15) is 13.1 Å². The number of aryl methyl sites for hydroxylation is 1. The van der Waals surface area contributed by atoms with Crippen molar-refractivity contribution in [2.24, 2.45) is 0 Å². The lowest BCUT2D eigenvalue weighted by molar-refractivity contribution is -0.925. The molecule has 0 radical (unpaired) electrons. The van der Waals surface area contributed by atoms with Gasteiger partial charge in [0.25, 0.3) is 5.91 Å². The second-order valence-electron chi connectivity index (χ2n) is 5.88. The van der Waals surface area contributed by atoms with Crippen LogP contribution < -0.4 is 10.2 Å². The Morgan fingerprint density at radius 1 is 1.12 bits per heavy atom. The van der Waals surface area contributed by atoms with Crippen LogP contribution in [0.5, 0.6) is 0 Å². The summed E-state index contributed by atoms with van der Waals surface area (Å²) in [6, 6.07) is 10.6. The molecule has 0 unspecified atom stereocenters. The third-order valence-electron chi connectivity index (χ3n) is 4.16. The summed E-state index contributed by atoms with van der Waals surface area (Å²) in [5.74, 6) is -0.291. The number of amides is 1. The zero-order chi connectivity index (χ0) is 16.9. The molecule has 1 aromatic carbocycles. The van der Waals surface area contributed by atoms with Gasteiger partial charge in [-0.05, 0) is 19.1 Å². The minimum atomic E-state index is -0.658. The number of ketones is 1. The van der Waals surface area contributed by atoms with Gasteiger partial charge in [0.15, 0.2) is 5.76 Å². The first-order chi connectivity index (χ1) is 11.6. The maximum absolute atomic E-state index is 13.0. The van der Waals surface area contributed by atoms with Crippen LogP contribution in [0.25, 0.3) is 0 Å². The second kappa shape index (κ2) is 7.42. The highest BCUT2D eigenvalue weighted by molar-refractivity contribution is 6.02. The van der Waals surface area contributed by atoms with Gasteiger partial charge < -0.3 is 14.1 Å². The summed E-state index contributed by atoms with van der Waals surface area (Å²) in [6.07, 6.45) is 0.780. The fraction of sp³-hybridized carbons (Fsp3) is 0.333. The molecular formula is C18H21N2O4+. The average molecular weight is 329 g/mol. The highest BCUT2D eigenvalue weighted by atomic mass is 16.5. The number of morpholine rings is 1. The molecular weight excluding hydrogens is 308 g/mol. The Balaban J connectivity index is 1.82. The molecule has 1 atom stereocenters. The van der Waals surface area contributed by atoms with Gasteiger partial charge >= 0.3 is 0 Å². The van der Waals surface area contributed by atoms with E-state index in [9.17, 15) is 9.59 Å². The topological polar surface area (TPSA) is 73.0 Å². The van der Waals surface area contributed by atoms with Crippen molar-refractivity contribution >= 4 is 11.7 Å². The lowest BCUT2D eigenvalue weighted by atomic mass is 10.1. The van der Waals surface area contributed by atoms with E-state index < -0.39 is 6.17 Å². The van der Waals surface area contributed by atoms with Crippen LogP contribution in [0.15, 0.2) is 47.1 Å². The molecule has 2 N–H and O–H groups in total. The molecule has 6 nitrogen and oxygen atoms in total. The molecule has 2 aromatic rings. The van der Waals surface area contributed by atoms with Crippen molar-refractivity contribution in [3.05, 3.63) is 59.5 Å². The van der Waals surface area contributed by atoms with E-state index in [-0.39, 0.29) is 17.5 Å². The summed E-state index contributed by atoms with van der Waals surface area (Å²) in [5, 5.41) is 2.83. The van der Waals surface area contributed by atoms with Crippen LogP contribution in [-0.2, 0) is 4.74 Å². The Morgan fingerprint density at radius 2 is 1.83 bits per heavy atom. The van der Waals surface area contributed by atoms with Gasteiger partial charge in [-0.1, -0.05) is 29.8 Å². The number of quaternary nitrogens is 1. The van der Waals surface area contributed by atoms with Crippen molar-refractivity contribution in [3.63, 3.8) is 0 Å². The minimum absolute atomic E-state index is 0.105. The molecule has 1 saturated heterocycles. The van der Waals surface area contributed by atoms with E-state index in [1.54, 1.807) is 24.3 Å². The van der Waals surface area contributed by atoms with Gasteiger partial charge in [-0.3, -0.25) is 14.9 Å². The van der Waals surface area contributed by atoms with Gasteiger partial charge in [0.2, 0.25) is 11.9 Å². The largest absolute Gasteiger partial charge is 0.459 e. The molecule has 1 amide bonds. The average Bonchev–Trinajstić information content (AvgIpc) is 3.15. The molecule has 1 aliphatic rings. The monoisotopic (exact) mass is 329 g/mol. The normalized spacial score (nSPS) is 16.5. The maximum atomic E-state index is 13.0. The van der Waals surface area contributed by atoms with Crippen molar-refractivity contribution in [2.75, 3.05) is 26.3 Å². The van der Waals surface area contributed by atoms with Crippen LogP contribution in [0.1, 0.15) is 26.5 Å². The molecule has 3 rings (SSSR count). The third-order valence-corrected chi connectivity index (χ3v) is 4.16. The number of rotatable bonds is 5. The predicted octanol–water partition coefficient (Wildman–Crippen LogP) is 0.442. The van der Waals surface area contributed by atoms with E-state index in [2.05, 4.69) is 5.32 Å². The van der Waals surface area contributed by atoms with E-state index >= 15 is 0 Å². The Morgan fingerprint density at radius 3 is 2.46 bits per heavy atom. The Bertz CT molecular complexity index is 688. The Kier molecular flexibility index (Phi) is 5.08. The minimum Gasteiger partial charge on any atom is -0.459 e. The number of carbonyl (C=O) groups excluding carboxylic acids is 2. The van der Waals surface area contributed by atoms with Crippen LogP contribution in [0, 0.1) is 6.92 Å². The van der Waals surface area contributed by atoms with Gasteiger partial charge in [-0.25, -0.2) is 0 Å². The van der Waals surface area contributed by atoms with E-state index in [0.717, 1.165) is 10.5 Å². The third kappa shape index (κ3) is 3.72. The molecule has 1 aliphatic heterocycles. The number of ether oxygens (including phenoxy) is 1. The van der Waals surface area contributed by atoms with Gasteiger partial charge in [0.05, 0.1) is 19.5 Å². The van der Waals surface area contributed by atoms with Crippen LogP contribution in [0.2, 0.25) is 0 Å². The zero-order valence-corrected chi connectivity index (χ0v) is 13.6. The summed E-state index contributed by atoms with van der Waals surface area (Å²) in [6.45, 7) is 4.45. The Labute approximate surface area is 140 Å². The molecule has 0 saturated carbocycles. The quantitative estimate of drug-likeness (QED) is 0.781. The first kappa shape index (κ1) is 16.4. The summed E-state index contributed by atoms with van der Waals surface area (Å²) in [4.78, 5) is 26.3. The lowest BCUT2D eigenvalue weighted by Crippen LogP contribution is -3.20. The standard InChI is InChI=1S/C18H20N2O4/c1-13-4-6-14(7-5-13)16(21)17(20-8-11-23-12-9-20)19-18(22)15-3-2-10-24-15/h2-7,10,17H,8-9,11-12H2,1H3,(H,19,22)/p+1/t17-/m1/s1. The first-order valence-corrected chi connectivity index (χ1v) is 8.03. The molecule has 24 heavy (non-hydrogen) atoms. The highest BCUT2D eigenvalue weighted by Crippen LogP contribution is 2.06. The smallest absolute Gasteiger partial charge is 0.291 e. The van der Waals surface area contributed by atoms with Crippen LogP contribution >= 0.6 is 0 Å². The zero-order valence-electron chi connectivity index (χ0n) is 13.6. The number of hydrogen-bond acceptors (Lipinski definition) is 4. The molecule has 1 aromatic heterocycles. The molecule has 0 spiro atoms. The van der Waals surface area contributed by atoms with Gasteiger partial charge in [0, 0.05) is 5.56 Å². The first-order valence-electron chi connectivity index (χ1n) is 8.03. The van der Waals surface area contributed by atoms with E-state index in [1.165, 1.54) is 6.26 Å². The Hall–Kier alpha value is -2.44. The van der Waals surface area contributed by atoms with Crippen molar-refractivity contribution in [1.29, 1.82) is 0 Å². The molecule has 1 fully saturated rings.